The number of amides is 1. The molecule has 3 rings (SSSR count). The van der Waals surface area contributed by atoms with Gasteiger partial charge in [-0.15, -0.1) is 0 Å². The van der Waals surface area contributed by atoms with Gasteiger partial charge in [-0.3, -0.25) is 9.59 Å². The first-order valence-electron chi connectivity index (χ1n) is 7.56. The van der Waals surface area contributed by atoms with Crippen molar-refractivity contribution in [2.45, 2.75) is 38.1 Å². The molecular weight excluding hydrogens is 268 g/mol. The van der Waals surface area contributed by atoms with Gasteiger partial charge in [-0.1, -0.05) is 12.5 Å². The van der Waals surface area contributed by atoms with Gasteiger partial charge in [-0.05, 0) is 43.4 Å². The van der Waals surface area contributed by atoms with Gasteiger partial charge in [0.05, 0.1) is 5.92 Å². The number of carboxylic acids is 1. The number of fused-ring (bicyclic) bond motifs is 1. The highest BCUT2D eigenvalue weighted by Crippen LogP contribution is 2.28. The Labute approximate surface area is 123 Å². The second-order valence-corrected chi connectivity index (χ2v) is 5.82. The van der Waals surface area contributed by atoms with Crippen LogP contribution in [0.4, 0.5) is 5.69 Å². The van der Waals surface area contributed by atoms with Crippen molar-refractivity contribution < 1.29 is 14.7 Å². The fourth-order valence-corrected chi connectivity index (χ4v) is 3.40. The number of rotatable bonds is 3. The van der Waals surface area contributed by atoms with E-state index in [1.54, 1.807) is 0 Å². The SMILES string of the molecule is O=C(NC1CCCC1C(=O)O)c1cccc2c1CCCN2. The lowest BCUT2D eigenvalue weighted by molar-refractivity contribution is -0.142. The smallest absolute Gasteiger partial charge is 0.308 e. The van der Waals surface area contributed by atoms with Crippen molar-refractivity contribution in [1.82, 2.24) is 5.32 Å². The minimum atomic E-state index is -0.811. The topological polar surface area (TPSA) is 78.4 Å². The second-order valence-electron chi connectivity index (χ2n) is 5.82. The Hall–Kier alpha value is -2.04. The molecule has 1 aliphatic heterocycles. The number of carbonyl (C=O) groups excluding carboxylic acids is 1. The molecule has 1 aromatic carbocycles. The van der Waals surface area contributed by atoms with Crippen molar-refractivity contribution in [1.29, 1.82) is 0 Å². The van der Waals surface area contributed by atoms with Gasteiger partial charge < -0.3 is 15.7 Å². The largest absolute Gasteiger partial charge is 0.481 e. The van der Waals surface area contributed by atoms with E-state index in [9.17, 15) is 14.7 Å². The molecule has 2 aliphatic rings. The fraction of sp³-hybridized carbons (Fsp3) is 0.500. The third-order valence-electron chi connectivity index (χ3n) is 4.49. The van der Waals surface area contributed by atoms with Gasteiger partial charge in [-0.25, -0.2) is 0 Å². The quantitative estimate of drug-likeness (QED) is 0.795. The molecule has 5 heteroatoms. The summed E-state index contributed by atoms with van der Waals surface area (Å²) in [6.45, 7) is 0.932. The van der Waals surface area contributed by atoms with E-state index in [1.807, 2.05) is 18.2 Å². The van der Waals surface area contributed by atoms with Crippen LogP contribution in [0.15, 0.2) is 18.2 Å². The highest BCUT2D eigenvalue weighted by molar-refractivity contribution is 5.97. The van der Waals surface area contributed by atoms with Crippen molar-refractivity contribution in [3.63, 3.8) is 0 Å². The van der Waals surface area contributed by atoms with Gasteiger partial charge >= 0.3 is 5.97 Å². The van der Waals surface area contributed by atoms with E-state index in [1.165, 1.54) is 0 Å². The third kappa shape index (κ3) is 2.73. The number of carbonyl (C=O) groups is 2. The maximum Gasteiger partial charge on any atom is 0.308 e. The van der Waals surface area contributed by atoms with Gasteiger partial charge in [0.1, 0.15) is 0 Å². The second kappa shape index (κ2) is 5.76. The first kappa shape index (κ1) is 13.9. The minimum Gasteiger partial charge on any atom is -0.481 e. The normalized spacial score (nSPS) is 24.0. The molecule has 1 amide bonds. The van der Waals surface area contributed by atoms with Crippen LogP contribution in [-0.4, -0.2) is 29.6 Å². The van der Waals surface area contributed by atoms with Crippen LogP contribution in [0.25, 0.3) is 0 Å². The Bertz CT molecular complexity index is 571. The molecule has 1 aromatic rings. The van der Waals surface area contributed by atoms with Crippen molar-refractivity contribution in [2.75, 3.05) is 11.9 Å². The maximum atomic E-state index is 12.5. The average Bonchev–Trinajstić information content (AvgIpc) is 2.95. The van der Waals surface area contributed by atoms with Gasteiger partial charge in [-0.2, -0.15) is 0 Å². The Morgan fingerprint density at radius 1 is 1.24 bits per heavy atom. The lowest BCUT2D eigenvalue weighted by Gasteiger charge is -2.22. The molecule has 2 atom stereocenters. The number of benzene rings is 1. The monoisotopic (exact) mass is 288 g/mol. The average molecular weight is 288 g/mol. The van der Waals surface area contributed by atoms with Crippen molar-refractivity contribution in [2.24, 2.45) is 5.92 Å². The molecular formula is C16H20N2O3. The Morgan fingerprint density at radius 2 is 2.10 bits per heavy atom. The van der Waals surface area contributed by atoms with E-state index in [0.29, 0.717) is 12.0 Å². The summed E-state index contributed by atoms with van der Waals surface area (Å²) in [4.78, 5) is 23.7. The van der Waals surface area contributed by atoms with Crippen LogP contribution in [-0.2, 0) is 11.2 Å². The lowest BCUT2D eigenvalue weighted by atomic mass is 9.96. The standard InChI is InChI=1S/C16H20N2O3/c19-15(18-14-8-2-5-12(14)16(20)21)11-4-1-7-13-10(11)6-3-9-17-13/h1,4,7,12,14,17H,2-3,5-6,8-9H2,(H,18,19)(H,20,21). The van der Waals surface area contributed by atoms with E-state index < -0.39 is 11.9 Å². The summed E-state index contributed by atoms with van der Waals surface area (Å²) in [5, 5.41) is 15.4. The summed E-state index contributed by atoms with van der Waals surface area (Å²) >= 11 is 0. The van der Waals surface area contributed by atoms with Crippen LogP contribution in [0, 0.1) is 5.92 Å². The molecule has 0 aromatic heterocycles. The molecule has 112 valence electrons. The van der Waals surface area contributed by atoms with E-state index >= 15 is 0 Å². The first-order valence-corrected chi connectivity index (χ1v) is 7.56. The van der Waals surface area contributed by atoms with Crippen molar-refractivity contribution >= 4 is 17.6 Å². The van der Waals surface area contributed by atoms with Gasteiger partial charge in [0.15, 0.2) is 0 Å². The number of aliphatic carboxylic acids is 1. The molecule has 3 N–H and O–H groups in total. The highest BCUT2D eigenvalue weighted by atomic mass is 16.4. The molecule has 0 radical (unpaired) electrons. The highest BCUT2D eigenvalue weighted by Gasteiger charge is 2.34. The Kier molecular flexibility index (Phi) is 3.82. The van der Waals surface area contributed by atoms with E-state index in [-0.39, 0.29) is 11.9 Å². The summed E-state index contributed by atoms with van der Waals surface area (Å²) in [5.41, 5.74) is 2.75. The summed E-state index contributed by atoms with van der Waals surface area (Å²) < 4.78 is 0. The predicted octanol–water partition coefficient (Wildman–Crippen LogP) is 2.03. The molecule has 5 nitrogen and oxygen atoms in total. The number of nitrogens with one attached hydrogen (secondary N) is 2. The van der Waals surface area contributed by atoms with Gasteiger partial charge in [0, 0.05) is 23.8 Å². The fourth-order valence-electron chi connectivity index (χ4n) is 3.40. The van der Waals surface area contributed by atoms with Crippen LogP contribution in [0.1, 0.15) is 41.6 Å². The maximum absolute atomic E-state index is 12.5. The van der Waals surface area contributed by atoms with E-state index in [2.05, 4.69) is 10.6 Å². The molecule has 0 bridgehead atoms. The molecule has 21 heavy (non-hydrogen) atoms. The van der Waals surface area contributed by atoms with Crippen LogP contribution in [0.3, 0.4) is 0 Å². The van der Waals surface area contributed by atoms with Gasteiger partial charge in [0.2, 0.25) is 0 Å². The lowest BCUT2D eigenvalue weighted by Crippen LogP contribution is -2.40. The van der Waals surface area contributed by atoms with Crippen LogP contribution in [0.2, 0.25) is 0 Å². The first-order chi connectivity index (χ1) is 10.2. The van der Waals surface area contributed by atoms with Crippen molar-refractivity contribution in [3.05, 3.63) is 29.3 Å². The summed E-state index contributed by atoms with van der Waals surface area (Å²) in [5.74, 6) is -1.41. The van der Waals surface area contributed by atoms with E-state index in [0.717, 1.165) is 43.5 Å². The molecule has 1 fully saturated rings. The zero-order chi connectivity index (χ0) is 14.8. The minimum absolute atomic E-state index is 0.145. The van der Waals surface area contributed by atoms with E-state index in [4.69, 9.17) is 0 Å². The van der Waals surface area contributed by atoms with Crippen LogP contribution < -0.4 is 10.6 Å². The molecule has 0 spiro atoms. The van der Waals surface area contributed by atoms with Crippen LogP contribution in [0.5, 0.6) is 0 Å². The predicted molar refractivity (Wildman–Crippen MR) is 79.5 cm³/mol. The molecule has 2 unspecified atom stereocenters. The third-order valence-corrected chi connectivity index (χ3v) is 4.49. The summed E-state index contributed by atoms with van der Waals surface area (Å²) in [6.07, 6.45) is 4.15. The zero-order valence-electron chi connectivity index (χ0n) is 11.9. The van der Waals surface area contributed by atoms with Crippen LogP contribution >= 0.6 is 0 Å². The number of hydrogen-bond donors (Lipinski definition) is 3. The molecule has 1 saturated carbocycles. The number of carboxylic acid groups (broad SMARTS) is 1. The molecule has 1 heterocycles. The van der Waals surface area contributed by atoms with Gasteiger partial charge in [0.25, 0.3) is 5.91 Å². The Morgan fingerprint density at radius 3 is 2.90 bits per heavy atom. The summed E-state index contributed by atoms with van der Waals surface area (Å²) in [6, 6.07) is 5.43. The number of anilines is 1. The number of hydrogen-bond acceptors (Lipinski definition) is 3. The molecule has 1 aliphatic carbocycles. The Balaban J connectivity index is 1.78. The van der Waals surface area contributed by atoms with Crippen molar-refractivity contribution in [3.8, 4) is 0 Å². The summed E-state index contributed by atoms with van der Waals surface area (Å²) in [7, 11) is 0. The molecule has 0 saturated heterocycles. The zero-order valence-corrected chi connectivity index (χ0v) is 11.9.